The number of nitrogens with zero attached hydrogens (tertiary/aromatic N) is 3. The van der Waals surface area contributed by atoms with E-state index in [-0.39, 0.29) is 17.4 Å². The molecule has 0 spiro atoms. The van der Waals surface area contributed by atoms with E-state index in [0.717, 1.165) is 0 Å². The number of hydrogen-bond donors (Lipinski definition) is 3. The smallest absolute Gasteiger partial charge is 0.406 e. The van der Waals surface area contributed by atoms with E-state index >= 15 is 0 Å². The Bertz CT molecular complexity index is 870. The molecule has 2 aromatic rings. The van der Waals surface area contributed by atoms with Crippen LogP contribution in [0.4, 0.5) is 24.5 Å². The molecule has 0 saturated heterocycles. The van der Waals surface area contributed by atoms with Gasteiger partial charge in [-0.25, -0.2) is 0 Å². The van der Waals surface area contributed by atoms with Gasteiger partial charge in [-0.15, -0.1) is 13.2 Å². The minimum atomic E-state index is -4.80. The van der Waals surface area contributed by atoms with Crippen LogP contribution in [0.1, 0.15) is 18.0 Å². The number of ether oxygens (including phenoxy) is 1. The number of nitrogen functional groups attached to an aromatic ring is 1. The molecule has 0 aliphatic carbocycles. The van der Waals surface area contributed by atoms with E-state index in [1.807, 2.05) is 0 Å². The molecule has 0 saturated carbocycles. The number of azide groups is 1. The molecule has 0 bridgehead atoms. The van der Waals surface area contributed by atoms with Gasteiger partial charge in [-0.3, -0.25) is 0 Å². The number of anilines is 2. The van der Waals surface area contributed by atoms with Crippen LogP contribution >= 0.6 is 12.2 Å². The molecular weight excluding hydrogens is 393 g/mol. The highest BCUT2D eigenvalue weighted by Gasteiger charge is 2.31. The first-order valence-corrected chi connectivity index (χ1v) is 8.48. The molecule has 2 aromatic carbocycles. The van der Waals surface area contributed by atoms with Crippen LogP contribution < -0.4 is 21.1 Å². The molecule has 0 aliphatic heterocycles. The van der Waals surface area contributed by atoms with Crippen LogP contribution in [0.15, 0.2) is 53.6 Å². The Labute approximate surface area is 164 Å². The van der Waals surface area contributed by atoms with Gasteiger partial charge in [-0.2, -0.15) is 0 Å². The zero-order valence-electron chi connectivity index (χ0n) is 14.5. The largest absolute Gasteiger partial charge is 0.573 e. The number of nitrogens with one attached hydrogen (secondary N) is 2. The lowest BCUT2D eigenvalue weighted by Crippen LogP contribution is -2.33. The summed E-state index contributed by atoms with van der Waals surface area (Å²) in [4.78, 5) is 2.68. The van der Waals surface area contributed by atoms with E-state index in [1.54, 1.807) is 30.3 Å². The Morgan fingerprint density at radius 3 is 2.68 bits per heavy atom. The first kappa shape index (κ1) is 21.1. The summed E-state index contributed by atoms with van der Waals surface area (Å²) in [6.45, 7) is 0.120. The fourth-order valence-corrected chi connectivity index (χ4v) is 2.66. The summed E-state index contributed by atoms with van der Waals surface area (Å²) in [7, 11) is 0. The van der Waals surface area contributed by atoms with Gasteiger partial charge in [0, 0.05) is 11.5 Å². The van der Waals surface area contributed by atoms with Gasteiger partial charge >= 0.3 is 6.36 Å². The Morgan fingerprint density at radius 1 is 1.25 bits per heavy atom. The number of alkyl halides is 3. The molecule has 0 amide bonds. The van der Waals surface area contributed by atoms with Crippen LogP contribution in [-0.4, -0.2) is 18.0 Å². The summed E-state index contributed by atoms with van der Waals surface area (Å²) < 4.78 is 41.4. The molecule has 11 heteroatoms. The highest BCUT2D eigenvalue weighted by molar-refractivity contribution is 7.80. The second-order valence-electron chi connectivity index (χ2n) is 5.60. The minimum absolute atomic E-state index is 0.120. The minimum Gasteiger partial charge on any atom is -0.406 e. The standard InChI is InChI=1S/C17H17F3N6OS/c18-17(19,20)27-12-5-3-4-11(10-12)14(8-9-23-26-22)24-16(28)25-15-7-2-1-6-13(15)21/h1-7,10,14H,8-9,21H2,(H2,24,25,28). The molecule has 0 radical (unpaired) electrons. The number of hydrogen-bond acceptors (Lipinski definition) is 4. The van der Waals surface area contributed by atoms with Gasteiger partial charge in [-0.1, -0.05) is 29.4 Å². The van der Waals surface area contributed by atoms with Crippen molar-refractivity contribution in [2.75, 3.05) is 17.6 Å². The maximum absolute atomic E-state index is 12.5. The number of rotatable bonds is 7. The SMILES string of the molecule is [N-]=[N+]=NCCC(NC(=S)Nc1ccccc1N)c1cccc(OC(F)(F)F)c1. The van der Waals surface area contributed by atoms with Crippen molar-refractivity contribution in [2.45, 2.75) is 18.8 Å². The third kappa shape index (κ3) is 6.86. The molecule has 0 aliphatic rings. The van der Waals surface area contributed by atoms with Gasteiger partial charge in [0.2, 0.25) is 0 Å². The van der Waals surface area contributed by atoms with Crippen molar-refractivity contribution in [3.8, 4) is 5.75 Å². The van der Waals surface area contributed by atoms with Crippen LogP contribution in [-0.2, 0) is 0 Å². The van der Waals surface area contributed by atoms with Crippen LogP contribution in [0, 0.1) is 0 Å². The third-order valence-electron chi connectivity index (χ3n) is 3.59. The lowest BCUT2D eigenvalue weighted by molar-refractivity contribution is -0.274. The fraction of sp³-hybridized carbons (Fsp3) is 0.235. The lowest BCUT2D eigenvalue weighted by atomic mass is 10.0. The average Bonchev–Trinajstić information content (AvgIpc) is 2.62. The Kier molecular flexibility index (Phi) is 7.30. The summed E-state index contributed by atoms with van der Waals surface area (Å²) in [5.41, 5.74) is 15.9. The number of nitrogens with two attached hydrogens (primary N) is 1. The molecule has 28 heavy (non-hydrogen) atoms. The monoisotopic (exact) mass is 410 g/mol. The highest BCUT2D eigenvalue weighted by atomic mass is 32.1. The molecule has 1 atom stereocenters. The van der Waals surface area contributed by atoms with Crippen LogP contribution in [0.3, 0.4) is 0 Å². The molecule has 4 N–H and O–H groups in total. The van der Waals surface area contributed by atoms with Crippen molar-refractivity contribution < 1.29 is 17.9 Å². The maximum atomic E-state index is 12.5. The molecule has 0 heterocycles. The Morgan fingerprint density at radius 2 is 2.00 bits per heavy atom. The van der Waals surface area contributed by atoms with E-state index in [9.17, 15) is 13.2 Å². The summed E-state index contributed by atoms with van der Waals surface area (Å²) in [5, 5.41) is 9.62. The molecule has 0 fully saturated rings. The first-order chi connectivity index (χ1) is 13.3. The zero-order valence-corrected chi connectivity index (χ0v) is 15.3. The number of halogens is 3. The van der Waals surface area contributed by atoms with Gasteiger partial charge in [0.25, 0.3) is 0 Å². The summed E-state index contributed by atoms with van der Waals surface area (Å²) in [6, 6.07) is 12.0. The molecule has 2 rings (SSSR count). The number of benzene rings is 2. The van der Waals surface area contributed by atoms with Gasteiger partial charge in [0.05, 0.1) is 17.4 Å². The predicted octanol–water partition coefficient (Wildman–Crippen LogP) is 4.90. The van der Waals surface area contributed by atoms with Gasteiger partial charge in [0.15, 0.2) is 5.11 Å². The van der Waals surface area contributed by atoms with Crippen molar-refractivity contribution in [1.82, 2.24) is 5.32 Å². The summed E-state index contributed by atoms with van der Waals surface area (Å²) in [5.74, 6) is -0.355. The van der Waals surface area contributed by atoms with E-state index in [1.165, 1.54) is 18.2 Å². The van der Waals surface area contributed by atoms with E-state index in [2.05, 4.69) is 25.4 Å². The number of para-hydroxylation sites is 2. The molecule has 1 unspecified atom stereocenters. The fourth-order valence-electron chi connectivity index (χ4n) is 2.41. The van der Waals surface area contributed by atoms with E-state index in [0.29, 0.717) is 23.4 Å². The molecule has 0 aromatic heterocycles. The zero-order chi connectivity index (χ0) is 20.6. The van der Waals surface area contributed by atoms with Crippen molar-refractivity contribution in [3.63, 3.8) is 0 Å². The van der Waals surface area contributed by atoms with Crippen molar-refractivity contribution >= 4 is 28.7 Å². The second kappa shape index (κ2) is 9.67. The van der Waals surface area contributed by atoms with Crippen molar-refractivity contribution in [3.05, 3.63) is 64.5 Å². The topological polar surface area (TPSA) is 108 Å². The summed E-state index contributed by atoms with van der Waals surface area (Å²) in [6.07, 6.45) is -4.50. The van der Waals surface area contributed by atoms with E-state index < -0.39 is 12.4 Å². The quantitative estimate of drug-likeness (QED) is 0.198. The molecular formula is C17H17F3N6OS. The molecule has 148 valence electrons. The van der Waals surface area contributed by atoms with Gasteiger partial charge in [-0.05, 0) is 54.0 Å². The maximum Gasteiger partial charge on any atom is 0.573 e. The van der Waals surface area contributed by atoms with Crippen molar-refractivity contribution in [1.29, 1.82) is 0 Å². The van der Waals surface area contributed by atoms with Crippen LogP contribution in [0.5, 0.6) is 5.75 Å². The van der Waals surface area contributed by atoms with Crippen LogP contribution in [0.25, 0.3) is 10.4 Å². The second-order valence-corrected chi connectivity index (χ2v) is 6.01. The van der Waals surface area contributed by atoms with Crippen molar-refractivity contribution in [2.24, 2.45) is 5.11 Å². The number of thiocarbonyl (C=S) groups is 1. The highest BCUT2D eigenvalue weighted by Crippen LogP contribution is 2.27. The predicted molar refractivity (Wildman–Crippen MR) is 105 cm³/mol. The third-order valence-corrected chi connectivity index (χ3v) is 3.81. The summed E-state index contributed by atoms with van der Waals surface area (Å²) >= 11 is 5.28. The average molecular weight is 410 g/mol. The molecule has 7 nitrogen and oxygen atoms in total. The lowest BCUT2D eigenvalue weighted by Gasteiger charge is -2.22. The Hall–Kier alpha value is -3.17. The van der Waals surface area contributed by atoms with Crippen LogP contribution in [0.2, 0.25) is 0 Å². The van der Waals surface area contributed by atoms with E-state index in [4.69, 9.17) is 23.5 Å². The van der Waals surface area contributed by atoms with Gasteiger partial charge in [0.1, 0.15) is 5.75 Å². The first-order valence-electron chi connectivity index (χ1n) is 8.07. The van der Waals surface area contributed by atoms with Gasteiger partial charge < -0.3 is 21.1 Å². The normalized spacial score (nSPS) is 11.8. The Balaban J connectivity index is 2.17.